The van der Waals surface area contributed by atoms with Gasteiger partial charge in [0, 0.05) is 6.10 Å². The largest absolute Gasteiger partial charge is 0.415 e. The molecule has 1 nitrogen and oxygen atoms in total. The molecular formula is C9H22OSi. The zero-order chi connectivity index (χ0) is 8.91. The van der Waals surface area contributed by atoms with Gasteiger partial charge in [-0.3, -0.25) is 0 Å². The summed E-state index contributed by atoms with van der Waals surface area (Å²) in [6.45, 7) is 11.1. The van der Waals surface area contributed by atoms with Crippen molar-refractivity contribution in [2.45, 2.75) is 58.9 Å². The van der Waals surface area contributed by atoms with E-state index in [1.54, 1.807) is 0 Å². The molecule has 0 aliphatic rings. The molecule has 0 rings (SSSR count). The average molecular weight is 174 g/mol. The van der Waals surface area contributed by atoms with E-state index in [0.717, 1.165) is 0 Å². The summed E-state index contributed by atoms with van der Waals surface area (Å²) < 4.78 is 5.88. The van der Waals surface area contributed by atoms with E-state index in [1.807, 2.05) is 0 Å². The highest BCUT2D eigenvalue weighted by atomic mass is 28.4. The van der Waals surface area contributed by atoms with Gasteiger partial charge in [0.1, 0.15) is 0 Å². The van der Waals surface area contributed by atoms with Crippen LogP contribution in [-0.4, -0.2) is 14.4 Å². The number of rotatable bonds is 5. The van der Waals surface area contributed by atoms with Gasteiger partial charge in [-0.2, -0.15) is 0 Å². The van der Waals surface area contributed by atoms with Crippen LogP contribution >= 0.6 is 0 Å². The Bertz CT molecular complexity index is 99.7. The van der Waals surface area contributed by atoms with Crippen molar-refractivity contribution in [3.63, 3.8) is 0 Å². The summed E-state index contributed by atoms with van der Waals surface area (Å²) in [7, 11) is -1.29. The molecule has 0 saturated carbocycles. The average Bonchev–Trinajstić information content (AvgIpc) is 1.81. The van der Waals surface area contributed by atoms with Crippen LogP contribution in [0.25, 0.3) is 0 Å². The van der Waals surface area contributed by atoms with Crippen molar-refractivity contribution in [3.05, 3.63) is 0 Å². The van der Waals surface area contributed by atoms with E-state index < -0.39 is 8.32 Å². The van der Waals surface area contributed by atoms with E-state index in [0.29, 0.717) is 6.10 Å². The molecule has 11 heavy (non-hydrogen) atoms. The van der Waals surface area contributed by atoms with Crippen LogP contribution in [0.5, 0.6) is 0 Å². The van der Waals surface area contributed by atoms with Gasteiger partial charge in [0.05, 0.1) is 0 Å². The lowest BCUT2D eigenvalue weighted by Gasteiger charge is -2.25. The minimum atomic E-state index is -1.29. The molecule has 0 aliphatic heterocycles. The zero-order valence-electron chi connectivity index (χ0n) is 8.61. The minimum Gasteiger partial charge on any atom is -0.415 e. The maximum Gasteiger partial charge on any atom is 0.187 e. The van der Waals surface area contributed by atoms with E-state index in [9.17, 15) is 0 Å². The third-order valence-electron chi connectivity index (χ3n) is 1.69. The molecule has 0 unspecified atom stereocenters. The highest BCUT2D eigenvalue weighted by molar-refractivity contribution is 6.71. The molecule has 68 valence electrons. The fourth-order valence-corrected chi connectivity index (χ4v) is 3.90. The van der Waals surface area contributed by atoms with Crippen molar-refractivity contribution in [1.82, 2.24) is 0 Å². The quantitative estimate of drug-likeness (QED) is 0.580. The molecule has 2 heteroatoms. The second-order valence-corrected chi connectivity index (χ2v) is 8.28. The molecule has 0 aliphatic carbocycles. The fourth-order valence-electron chi connectivity index (χ4n) is 1.30. The first-order valence-corrected chi connectivity index (χ1v) is 7.77. The van der Waals surface area contributed by atoms with E-state index in [-0.39, 0.29) is 0 Å². The van der Waals surface area contributed by atoms with Crippen molar-refractivity contribution in [2.24, 2.45) is 0 Å². The van der Waals surface area contributed by atoms with Gasteiger partial charge in [0.25, 0.3) is 0 Å². The lowest BCUT2D eigenvalue weighted by atomic mass is 10.4. The highest BCUT2D eigenvalue weighted by Gasteiger charge is 2.22. The van der Waals surface area contributed by atoms with Crippen molar-refractivity contribution in [2.75, 3.05) is 0 Å². The summed E-state index contributed by atoms with van der Waals surface area (Å²) >= 11 is 0. The number of hydrogen-bond donors (Lipinski definition) is 0. The first kappa shape index (κ1) is 11.2. The Labute approximate surface area is 72.3 Å². The molecule has 0 saturated heterocycles. The topological polar surface area (TPSA) is 9.23 Å². The van der Waals surface area contributed by atoms with Gasteiger partial charge >= 0.3 is 0 Å². The SMILES string of the molecule is CCCC[Si](C)(C)OC(C)C. The molecule has 0 heterocycles. The Morgan fingerprint density at radius 1 is 1.27 bits per heavy atom. The molecule has 0 aromatic carbocycles. The molecule has 0 atom stereocenters. The van der Waals surface area contributed by atoms with Gasteiger partial charge in [-0.15, -0.1) is 0 Å². The Kier molecular flexibility index (Phi) is 5.02. The van der Waals surface area contributed by atoms with E-state index in [4.69, 9.17) is 4.43 Å². The van der Waals surface area contributed by atoms with Crippen molar-refractivity contribution in [3.8, 4) is 0 Å². The van der Waals surface area contributed by atoms with Crippen LogP contribution in [0, 0.1) is 0 Å². The van der Waals surface area contributed by atoms with Crippen LogP contribution in [0.15, 0.2) is 0 Å². The molecular weight excluding hydrogens is 152 g/mol. The van der Waals surface area contributed by atoms with Crippen molar-refractivity contribution < 1.29 is 4.43 Å². The first-order valence-electron chi connectivity index (χ1n) is 4.66. The van der Waals surface area contributed by atoms with Crippen molar-refractivity contribution in [1.29, 1.82) is 0 Å². The summed E-state index contributed by atoms with van der Waals surface area (Å²) in [6, 6.07) is 1.31. The molecule has 0 radical (unpaired) electrons. The van der Waals surface area contributed by atoms with Crippen LogP contribution in [0.2, 0.25) is 19.1 Å². The fraction of sp³-hybridized carbons (Fsp3) is 1.00. The summed E-state index contributed by atoms with van der Waals surface area (Å²) in [4.78, 5) is 0. The second kappa shape index (κ2) is 4.94. The van der Waals surface area contributed by atoms with Gasteiger partial charge in [0.15, 0.2) is 8.32 Å². The number of hydrogen-bond acceptors (Lipinski definition) is 1. The highest BCUT2D eigenvalue weighted by Crippen LogP contribution is 2.16. The molecule has 0 amide bonds. The van der Waals surface area contributed by atoms with Gasteiger partial charge in [0.2, 0.25) is 0 Å². The molecule has 0 bridgehead atoms. The lowest BCUT2D eigenvalue weighted by Crippen LogP contribution is -2.33. The Hall–Kier alpha value is 0.177. The monoisotopic (exact) mass is 174 g/mol. The lowest BCUT2D eigenvalue weighted by molar-refractivity contribution is 0.231. The minimum absolute atomic E-state index is 0.411. The smallest absolute Gasteiger partial charge is 0.187 e. The summed E-state index contributed by atoms with van der Waals surface area (Å²) in [6.07, 6.45) is 3.03. The van der Waals surface area contributed by atoms with Gasteiger partial charge < -0.3 is 4.43 Å². The predicted molar refractivity (Wildman–Crippen MR) is 53.4 cm³/mol. The van der Waals surface area contributed by atoms with Crippen LogP contribution in [0.4, 0.5) is 0 Å². The Morgan fingerprint density at radius 3 is 2.18 bits per heavy atom. The Balaban J connectivity index is 3.61. The van der Waals surface area contributed by atoms with E-state index in [2.05, 4.69) is 33.9 Å². The first-order chi connectivity index (χ1) is 4.98. The summed E-state index contributed by atoms with van der Waals surface area (Å²) in [5.41, 5.74) is 0. The standard InChI is InChI=1S/C9H22OSi/c1-6-7-8-11(4,5)10-9(2)3/h9H,6-8H2,1-5H3. The molecule has 0 spiro atoms. The maximum absolute atomic E-state index is 5.88. The predicted octanol–water partition coefficient (Wildman–Crippen LogP) is 3.42. The van der Waals surface area contributed by atoms with Crippen molar-refractivity contribution >= 4 is 8.32 Å². The third-order valence-corrected chi connectivity index (χ3v) is 4.35. The summed E-state index contributed by atoms with van der Waals surface area (Å²) in [5.74, 6) is 0. The summed E-state index contributed by atoms with van der Waals surface area (Å²) in [5, 5.41) is 0. The van der Waals surface area contributed by atoms with Crippen LogP contribution < -0.4 is 0 Å². The van der Waals surface area contributed by atoms with Crippen LogP contribution in [0.3, 0.4) is 0 Å². The molecule has 0 N–H and O–H groups in total. The van der Waals surface area contributed by atoms with Gasteiger partial charge in [-0.1, -0.05) is 19.8 Å². The zero-order valence-corrected chi connectivity index (χ0v) is 9.61. The second-order valence-electron chi connectivity index (χ2n) is 4.03. The van der Waals surface area contributed by atoms with Gasteiger partial charge in [-0.25, -0.2) is 0 Å². The van der Waals surface area contributed by atoms with E-state index in [1.165, 1.54) is 18.9 Å². The van der Waals surface area contributed by atoms with Gasteiger partial charge in [-0.05, 0) is 33.0 Å². The molecule has 0 fully saturated rings. The Morgan fingerprint density at radius 2 is 1.82 bits per heavy atom. The third kappa shape index (κ3) is 6.57. The maximum atomic E-state index is 5.88. The molecule has 0 aromatic rings. The molecule has 0 aromatic heterocycles. The van der Waals surface area contributed by atoms with E-state index >= 15 is 0 Å². The van der Waals surface area contributed by atoms with Crippen LogP contribution in [0.1, 0.15) is 33.6 Å². The number of unbranched alkanes of at least 4 members (excludes halogenated alkanes) is 1. The van der Waals surface area contributed by atoms with Crippen LogP contribution in [-0.2, 0) is 4.43 Å². The normalized spacial score (nSPS) is 12.5.